The smallest absolute Gasteiger partial charge is 0.329 e. The number of piperidine rings is 1. The molecule has 2 heterocycles. The molecule has 1 aliphatic carbocycles. The number of imidazole rings is 1. The van der Waals surface area contributed by atoms with Gasteiger partial charge in [0.2, 0.25) is 11.8 Å². The summed E-state index contributed by atoms with van der Waals surface area (Å²) in [7, 11) is 1.74. The van der Waals surface area contributed by atoms with Crippen LogP contribution in [0.25, 0.3) is 11.0 Å². The topological polar surface area (TPSA) is 99.1 Å². The number of aromatic nitrogens is 2. The number of imide groups is 1. The lowest BCUT2D eigenvalue weighted by molar-refractivity contribution is -0.135. The molecule has 1 saturated heterocycles. The van der Waals surface area contributed by atoms with E-state index in [1.165, 1.54) is 35.8 Å². The minimum absolute atomic E-state index is 0.217. The Balaban J connectivity index is 1.61. The molecule has 4 rings (SSSR count). The summed E-state index contributed by atoms with van der Waals surface area (Å²) in [6, 6.07) is 5.46. The van der Waals surface area contributed by atoms with Gasteiger partial charge in [0, 0.05) is 13.5 Å². The molecule has 28 heavy (non-hydrogen) atoms. The highest BCUT2D eigenvalue weighted by atomic mass is 16.2. The second kappa shape index (κ2) is 7.54. The molecule has 0 bridgehead atoms. The maximum atomic E-state index is 12.8. The van der Waals surface area contributed by atoms with Crippen molar-refractivity contribution >= 4 is 22.8 Å². The molecular weight excluding hydrogens is 356 g/mol. The number of nitrogens with zero attached hydrogens (tertiary/aromatic N) is 2. The molecule has 0 radical (unpaired) electrons. The Morgan fingerprint density at radius 3 is 2.43 bits per heavy atom. The lowest BCUT2D eigenvalue weighted by Gasteiger charge is -2.27. The molecule has 2 fully saturated rings. The van der Waals surface area contributed by atoms with Crippen LogP contribution in [0.15, 0.2) is 23.0 Å². The number of aryl methyl sites for hydroxylation is 1. The normalized spacial score (nSPS) is 25.9. The highest BCUT2D eigenvalue weighted by Gasteiger charge is 2.31. The SMILES string of the molecule is Cn1c(=O)n(C2CCC(=O)NC2=O)c2ccc(CC3CCC(CN)CC3)cc21. The van der Waals surface area contributed by atoms with Gasteiger partial charge in [-0.3, -0.25) is 24.0 Å². The van der Waals surface area contributed by atoms with Gasteiger partial charge >= 0.3 is 5.69 Å². The van der Waals surface area contributed by atoms with E-state index in [-0.39, 0.29) is 18.0 Å². The van der Waals surface area contributed by atoms with Gasteiger partial charge in [-0.2, -0.15) is 0 Å². The third-order valence-electron chi connectivity index (χ3n) is 6.50. The molecule has 7 heteroatoms. The van der Waals surface area contributed by atoms with Gasteiger partial charge < -0.3 is 5.73 Å². The van der Waals surface area contributed by atoms with Crippen LogP contribution in [-0.2, 0) is 23.1 Å². The standard InChI is InChI=1S/C21H28N4O3/c1-24-18-11-15(10-13-2-4-14(12-22)5-3-13)6-7-16(18)25(21(24)28)17-8-9-19(26)23-20(17)27/h6-7,11,13-14,17H,2-5,8-10,12,22H2,1H3,(H,23,26,27). The van der Waals surface area contributed by atoms with E-state index >= 15 is 0 Å². The molecule has 7 nitrogen and oxygen atoms in total. The third-order valence-corrected chi connectivity index (χ3v) is 6.50. The Kier molecular flexibility index (Phi) is 5.10. The van der Waals surface area contributed by atoms with Crippen LogP contribution in [0.5, 0.6) is 0 Å². The fraction of sp³-hybridized carbons (Fsp3) is 0.571. The number of nitrogens with one attached hydrogen (secondary N) is 1. The summed E-state index contributed by atoms with van der Waals surface area (Å²) in [6.45, 7) is 0.786. The molecule has 2 aromatic rings. The quantitative estimate of drug-likeness (QED) is 0.783. The van der Waals surface area contributed by atoms with Crippen molar-refractivity contribution in [2.24, 2.45) is 24.6 Å². The summed E-state index contributed by atoms with van der Waals surface area (Å²) in [4.78, 5) is 36.6. The van der Waals surface area contributed by atoms with Crippen LogP contribution in [-0.4, -0.2) is 27.5 Å². The number of carbonyl (C=O) groups is 2. The van der Waals surface area contributed by atoms with E-state index in [2.05, 4.69) is 17.4 Å². The van der Waals surface area contributed by atoms with Gasteiger partial charge in [0.25, 0.3) is 0 Å². The average Bonchev–Trinajstić information content (AvgIpc) is 2.93. The Bertz CT molecular complexity index is 966. The van der Waals surface area contributed by atoms with Crippen molar-refractivity contribution in [2.45, 2.75) is 51.0 Å². The van der Waals surface area contributed by atoms with E-state index in [0.717, 1.165) is 24.0 Å². The van der Waals surface area contributed by atoms with Crippen molar-refractivity contribution < 1.29 is 9.59 Å². The molecule has 1 aromatic carbocycles. The lowest BCUT2D eigenvalue weighted by atomic mass is 9.79. The predicted octanol–water partition coefficient (Wildman–Crippen LogP) is 1.63. The van der Waals surface area contributed by atoms with Crippen molar-refractivity contribution in [1.29, 1.82) is 0 Å². The number of fused-ring (bicyclic) bond motifs is 1. The van der Waals surface area contributed by atoms with E-state index in [1.807, 2.05) is 6.07 Å². The minimum atomic E-state index is -0.633. The van der Waals surface area contributed by atoms with Crippen LogP contribution in [0.2, 0.25) is 0 Å². The van der Waals surface area contributed by atoms with E-state index < -0.39 is 11.9 Å². The first kappa shape index (κ1) is 18.9. The summed E-state index contributed by atoms with van der Waals surface area (Å²) in [6.07, 6.45) is 6.43. The number of benzene rings is 1. The zero-order valence-corrected chi connectivity index (χ0v) is 16.3. The maximum absolute atomic E-state index is 12.8. The molecule has 2 aliphatic rings. The van der Waals surface area contributed by atoms with Gasteiger partial charge in [0.05, 0.1) is 11.0 Å². The minimum Gasteiger partial charge on any atom is -0.330 e. The molecule has 2 amide bonds. The lowest BCUT2D eigenvalue weighted by Crippen LogP contribution is -2.44. The number of rotatable bonds is 4. The molecular formula is C21H28N4O3. The Labute approximate surface area is 163 Å². The predicted molar refractivity (Wildman–Crippen MR) is 107 cm³/mol. The highest BCUT2D eigenvalue weighted by Crippen LogP contribution is 2.31. The van der Waals surface area contributed by atoms with Crippen LogP contribution < -0.4 is 16.7 Å². The average molecular weight is 384 g/mol. The zero-order valence-electron chi connectivity index (χ0n) is 16.3. The molecule has 1 unspecified atom stereocenters. The van der Waals surface area contributed by atoms with Crippen LogP contribution in [0.1, 0.15) is 50.1 Å². The fourth-order valence-corrected chi connectivity index (χ4v) is 4.77. The van der Waals surface area contributed by atoms with Crippen LogP contribution in [0.4, 0.5) is 0 Å². The molecule has 1 saturated carbocycles. The number of nitrogens with two attached hydrogens (primary N) is 1. The molecule has 150 valence electrons. The number of carbonyl (C=O) groups excluding carboxylic acids is 2. The van der Waals surface area contributed by atoms with Gasteiger partial charge in [-0.05, 0) is 74.6 Å². The molecule has 0 spiro atoms. The first-order chi connectivity index (χ1) is 13.5. The number of hydrogen-bond donors (Lipinski definition) is 2. The highest BCUT2D eigenvalue weighted by molar-refractivity contribution is 6.00. The van der Waals surface area contributed by atoms with Crippen molar-refractivity contribution in [2.75, 3.05) is 6.54 Å². The van der Waals surface area contributed by atoms with Gasteiger partial charge in [-0.1, -0.05) is 6.07 Å². The summed E-state index contributed by atoms with van der Waals surface area (Å²) < 4.78 is 3.14. The van der Waals surface area contributed by atoms with Gasteiger partial charge in [0.1, 0.15) is 6.04 Å². The first-order valence-corrected chi connectivity index (χ1v) is 10.2. The summed E-state index contributed by atoms with van der Waals surface area (Å²) in [5, 5.41) is 2.35. The second-order valence-corrected chi connectivity index (χ2v) is 8.33. The van der Waals surface area contributed by atoms with Crippen molar-refractivity contribution in [1.82, 2.24) is 14.5 Å². The van der Waals surface area contributed by atoms with Crippen LogP contribution >= 0.6 is 0 Å². The Morgan fingerprint density at radius 1 is 1.04 bits per heavy atom. The molecule has 1 aromatic heterocycles. The van der Waals surface area contributed by atoms with Gasteiger partial charge in [0.15, 0.2) is 0 Å². The molecule has 1 atom stereocenters. The number of amides is 2. The summed E-state index contributed by atoms with van der Waals surface area (Å²) in [5.74, 6) is 0.657. The third kappa shape index (κ3) is 3.39. The Morgan fingerprint density at radius 2 is 1.75 bits per heavy atom. The zero-order chi connectivity index (χ0) is 19.8. The van der Waals surface area contributed by atoms with Gasteiger partial charge in [-0.25, -0.2) is 4.79 Å². The van der Waals surface area contributed by atoms with E-state index in [0.29, 0.717) is 18.3 Å². The first-order valence-electron chi connectivity index (χ1n) is 10.2. The molecule has 3 N–H and O–H groups in total. The van der Waals surface area contributed by atoms with Gasteiger partial charge in [-0.15, -0.1) is 0 Å². The maximum Gasteiger partial charge on any atom is 0.329 e. The second-order valence-electron chi connectivity index (χ2n) is 8.33. The van der Waals surface area contributed by atoms with Crippen molar-refractivity contribution in [3.8, 4) is 0 Å². The van der Waals surface area contributed by atoms with Crippen molar-refractivity contribution in [3.63, 3.8) is 0 Å². The van der Waals surface area contributed by atoms with Crippen molar-refractivity contribution in [3.05, 3.63) is 34.2 Å². The molecule has 1 aliphatic heterocycles. The Hall–Kier alpha value is -2.41. The van der Waals surface area contributed by atoms with E-state index in [4.69, 9.17) is 5.73 Å². The van der Waals surface area contributed by atoms with E-state index in [9.17, 15) is 14.4 Å². The summed E-state index contributed by atoms with van der Waals surface area (Å²) >= 11 is 0. The van der Waals surface area contributed by atoms with Crippen LogP contribution in [0.3, 0.4) is 0 Å². The van der Waals surface area contributed by atoms with E-state index in [1.54, 1.807) is 11.6 Å². The summed E-state index contributed by atoms with van der Waals surface area (Å²) in [5.41, 5.74) is 8.38. The largest absolute Gasteiger partial charge is 0.330 e. The monoisotopic (exact) mass is 384 g/mol. The fourth-order valence-electron chi connectivity index (χ4n) is 4.77. The van der Waals surface area contributed by atoms with Crippen LogP contribution in [0, 0.1) is 11.8 Å². The number of hydrogen-bond acceptors (Lipinski definition) is 4.